The number of hydrogen-bond donors (Lipinski definition) is 1. The standard InChI is InChI=1S/C10H12N2O6S/c1-18-10(13)8-4-3-7(5-9(8)12(14)15)6-11-19(2,16)17/h3-5,11H,6H2,1-2H3. The van der Waals surface area contributed by atoms with Crippen molar-refractivity contribution in [2.24, 2.45) is 0 Å². The number of rotatable bonds is 5. The van der Waals surface area contributed by atoms with Crippen molar-refractivity contribution in [2.75, 3.05) is 13.4 Å². The van der Waals surface area contributed by atoms with E-state index < -0.39 is 26.6 Å². The van der Waals surface area contributed by atoms with Crippen LogP contribution in [0.1, 0.15) is 15.9 Å². The number of ether oxygens (including phenoxy) is 1. The fraction of sp³-hybridized carbons (Fsp3) is 0.300. The molecule has 0 unspecified atom stereocenters. The quantitative estimate of drug-likeness (QED) is 0.477. The van der Waals surface area contributed by atoms with E-state index in [9.17, 15) is 23.3 Å². The van der Waals surface area contributed by atoms with E-state index in [1.165, 1.54) is 12.1 Å². The molecule has 0 aliphatic heterocycles. The van der Waals surface area contributed by atoms with Crippen LogP contribution in [0.15, 0.2) is 18.2 Å². The van der Waals surface area contributed by atoms with Gasteiger partial charge in [0.25, 0.3) is 5.69 Å². The molecule has 9 heteroatoms. The number of hydrogen-bond acceptors (Lipinski definition) is 6. The van der Waals surface area contributed by atoms with Gasteiger partial charge in [-0.25, -0.2) is 17.9 Å². The molecule has 0 bridgehead atoms. The van der Waals surface area contributed by atoms with Crippen molar-refractivity contribution in [1.29, 1.82) is 0 Å². The minimum Gasteiger partial charge on any atom is -0.465 e. The third-order valence-corrected chi connectivity index (χ3v) is 2.87. The van der Waals surface area contributed by atoms with Crippen LogP contribution in [0.4, 0.5) is 5.69 Å². The SMILES string of the molecule is COC(=O)c1ccc(CNS(C)(=O)=O)cc1[N+](=O)[O-]. The van der Waals surface area contributed by atoms with Crippen LogP contribution in [0, 0.1) is 10.1 Å². The van der Waals surface area contributed by atoms with E-state index in [1.54, 1.807) is 0 Å². The molecular weight excluding hydrogens is 276 g/mol. The number of nitrogens with one attached hydrogen (secondary N) is 1. The summed E-state index contributed by atoms with van der Waals surface area (Å²) in [6.07, 6.45) is 0.976. The molecule has 1 aromatic carbocycles. The second-order valence-electron chi connectivity index (χ2n) is 3.69. The van der Waals surface area contributed by atoms with Crippen molar-refractivity contribution in [2.45, 2.75) is 6.54 Å². The molecule has 0 heterocycles. The number of esters is 1. The Morgan fingerprint density at radius 3 is 2.58 bits per heavy atom. The molecule has 0 aliphatic rings. The number of nitro benzene ring substituents is 1. The summed E-state index contributed by atoms with van der Waals surface area (Å²) in [5.41, 5.74) is -0.250. The average molecular weight is 288 g/mol. The summed E-state index contributed by atoms with van der Waals surface area (Å²) in [5.74, 6) is -0.825. The van der Waals surface area contributed by atoms with E-state index in [-0.39, 0.29) is 12.1 Å². The molecule has 1 aromatic rings. The minimum absolute atomic E-state index is 0.0961. The van der Waals surface area contributed by atoms with Crippen LogP contribution in [0.5, 0.6) is 0 Å². The summed E-state index contributed by atoms with van der Waals surface area (Å²) < 4.78 is 28.5. The van der Waals surface area contributed by atoms with Gasteiger partial charge in [0, 0.05) is 12.6 Å². The van der Waals surface area contributed by atoms with Crippen LogP contribution in [0.3, 0.4) is 0 Å². The summed E-state index contributed by atoms with van der Waals surface area (Å²) in [7, 11) is -2.28. The summed E-state index contributed by atoms with van der Waals surface area (Å²) in [6.45, 7) is -0.0961. The highest BCUT2D eigenvalue weighted by atomic mass is 32.2. The molecule has 0 fully saturated rings. The summed E-state index contributed by atoms with van der Waals surface area (Å²) in [5, 5.41) is 10.9. The monoisotopic (exact) mass is 288 g/mol. The zero-order valence-electron chi connectivity index (χ0n) is 10.2. The molecule has 8 nitrogen and oxygen atoms in total. The normalized spacial score (nSPS) is 11.1. The molecule has 1 rings (SSSR count). The molecule has 0 amide bonds. The van der Waals surface area contributed by atoms with E-state index in [2.05, 4.69) is 9.46 Å². The number of methoxy groups -OCH3 is 1. The summed E-state index contributed by atoms with van der Waals surface area (Å²) in [4.78, 5) is 21.5. The van der Waals surface area contributed by atoms with Crippen LogP contribution < -0.4 is 4.72 Å². The van der Waals surface area contributed by atoms with E-state index in [0.717, 1.165) is 19.4 Å². The largest absolute Gasteiger partial charge is 0.465 e. The number of sulfonamides is 1. The smallest absolute Gasteiger partial charge is 0.344 e. The first kappa shape index (κ1) is 15.1. The average Bonchev–Trinajstić information content (AvgIpc) is 2.34. The zero-order valence-corrected chi connectivity index (χ0v) is 11.1. The van der Waals surface area contributed by atoms with Crippen molar-refractivity contribution >= 4 is 21.7 Å². The van der Waals surface area contributed by atoms with Crippen LogP contribution >= 0.6 is 0 Å². The topological polar surface area (TPSA) is 116 Å². The first-order valence-corrected chi connectivity index (χ1v) is 6.94. The lowest BCUT2D eigenvalue weighted by Gasteiger charge is -2.05. The number of nitrogens with zero attached hydrogens (tertiary/aromatic N) is 1. The van der Waals surface area contributed by atoms with Gasteiger partial charge in [0.15, 0.2) is 0 Å². The van der Waals surface area contributed by atoms with Gasteiger partial charge in [-0.1, -0.05) is 6.07 Å². The van der Waals surface area contributed by atoms with E-state index in [0.29, 0.717) is 5.56 Å². The van der Waals surface area contributed by atoms with Crippen LogP contribution in [0.25, 0.3) is 0 Å². The lowest BCUT2D eigenvalue weighted by atomic mass is 10.1. The fourth-order valence-electron chi connectivity index (χ4n) is 1.34. The molecule has 19 heavy (non-hydrogen) atoms. The van der Waals surface area contributed by atoms with E-state index in [1.807, 2.05) is 0 Å². The molecule has 0 aliphatic carbocycles. The molecule has 0 saturated heterocycles. The first-order valence-electron chi connectivity index (χ1n) is 5.05. The maximum atomic E-state index is 11.3. The van der Waals surface area contributed by atoms with E-state index >= 15 is 0 Å². The number of carbonyl (C=O) groups excluding carboxylic acids is 1. The first-order chi connectivity index (χ1) is 8.74. The van der Waals surface area contributed by atoms with Crippen molar-refractivity contribution < 1.29 is 22.9 Å². The Labute approximate surface area is 109 Å². The van der Waals surface area contributed by atoms with Gasteiger partial charge >= 0.3 is 5.97 Å². The Bertz CT molecular complexity index is 610. The number of benzene rings is 1. The van der Waals surface area contributed by atoms with Gasteiger partial charge in [0.2, 0.25) is 10.0 Å². The van der Waals surface area contributed by atoms with Crippen LogP contribution in [0.2, 0.25) is 0 Å². The second kappa shape index (κ2) is 5.76. The molecule has 0 saturated carbocycles. The maximum absolute atomic E-state index is 11.3. The Kier molecular flexibility index (Phi) is 4.57. The van der Waals surface area contributed by atoms with Gasteiger partial charge in [-0.15, -0.1) is 0 Å². The Hall–Kier alpha value is -2.00. The molecule has 0 aromatic heterocycles. The van der Waals surface area contributed by atoms with Crippen molar-refractivity contribution in [3.63, 3.8) is 0 Å². The predicted molar refractivity (Wildman–Crippen MR) is 66.1 cm³/mol. The molecule has 104 valence electrons. The molecule has 0 spiro atoms. The Morgan fingerprint density at radius 2 is 2.11 bits per heavy atom. The van der Waals surface area contributed by atoms with Gasteiger partial charge in [-0.05, 0) is 11.6 Å². The van der Waals surface area contributed by atoms with Gasteiger partial charge < -0.3 is 4.74 Å². The van der Waals surface area contributed by atoms with Gasteiger partial charge in [0.1, 0.15) is 5.56 Å². The minimum atomic E-state index is -3.40. The molecule has 1 N–H and O–H groups in total. The van der Waals surface area contributed by atoms with Crippen molar-refractivity contribution in [3.8, 4) is 0 Å². The van der Waals surface area contributed by atoms with Crippen LogP contribution in [-0.4, -0.2) is 32.7 Å². The molecular formula is C10H12N2O6S. The third-order valence-electron chi connectivity index (χ3n) is 2.20. The Morgan fingerprint density at radius 1 is 1.47 bits per heavy atom. The zero-order chi connectivity index (χ0) is 14.6. The molecule has 0 radical (unpaired) electrons. The van der Waals surface area contributed by atoms with E-state index in [4.69, 9.17) is 0 Å². The maximum Gasteiger partial charge on any atom is 0.344 e. The van der Waals surface area contributed by atoms with Crippen molar-refractivity contribution in [1.82, 2.24) is 4.72 Å². The predicted octanol–water partition coefficient (Wildman–Crippen LogP) is 0.431. The third kappa shape index (κ3) is 4.30. The highest BCUT2D eigenvalue weighted by Crippen LogP contribution is 2.21. The lowest BCUT2D eigenvalue weighted by molar-refractivity contribution is -0.385. The fourth-order valence-corrected chi connectivity index (χ4v) is 1.76. The van der Waals surface area contributed by atoms with Gasteiger partial charge in [0.05, 0.1) is 18.3 Å². The van der Waals surface area contributed by atoms with Crippen molar-refractivity contribution in [3.05, 3.63) is 39.4 Å². The highest BCUT2D eigenvalue weighted by molar-refractivity contribution is 7.88. The molecule has 0 atom stereocenters. The number of carbonyl (C=O) groups is 1. The number of nitro groups is 1. The lowest BCUT2D eigenvalue weighted by Crippen LogP contribution is -2.21. The van der Waals surface area contributed by atoms with Gasteiger partial charge in [-0.2, -0.15) is 0 Å². The second-order valence-corrected chi connectivity index (χ2v) is 5.53. The van der Waals surface area contributed by atoms with Gasteiger partial charge in [-0.3, -0.25) is 10.1 Å². The Balaban J connectivity index is 3.10. The summed E-state index contributed by atoms with van der Waals surface area (Å²) >= 11 is 0. The summed E-state index contributed by atoms with van der Waals surface area (Å²) in [6, 6.07) is 3.77. The van der Waals surface area contributed by atoms with Crippen LogP contribution in [-0.2, 0) is 21.3 Å². The highest BCUT2D eigenvalue weighted by Gasteiger charge is 2.21.